The molecule has 0 aliphatic carbocycles. The lowest BCUT2D eigenvalue weighted by atomic mass is 9.95. The molecule has 0 fully saturated rings. The zero-order chi connectivity index (χ0) is 17.0. The maximum Gasteiger partial charge on any atom is 0.227 e. The monoisotopic (exact) mass is 350 g/mol. The van der Waals surface area contributed by atoms with Crippen LogP contribution in [0.2, 0.25) is 10.0 Å². The summed E-state index contributed by atoms with van der Waals surface area (Å²) in [5.74, 6) is -0.269. The largest absolute Gasteiger partial charge is 0.351 e. The highest BCUT2D eigenvalue weighted by atomic mass is 35.5. The average molecular weight is 351 g/mol. The summed E-state index contributed by atoms with van der Waals surface area (Å²) >= 11 is 12.0. The Bertz CT molecular complexity index is 716. The van der Waals surface area contributed by atoms with Crippen LogP contribution in [0.1, 0.15) is 41.6 Å². The van der Waals surface area contributed by atoms with E-state index >= 15 is 0 Å². The van der Waals surface area contributed by atoms with Crippen LogP contribution in [0, 0.1) is 13.8 Å². The van der Waals surface area contributed by atoms with Crippen LogP contribution in [0.4, 0.5) is 0 Å². The van der Waals surface area contributed by atoms with Crippen molar-refractivity contribution < 1.29 is 4.79 Å². The third kappa shape index (κ3) is 4.46. The summed E-state index contributed by atoms with van der Waals surface area (Å²) in [5.41, 5.74) is 3.91. The number of benzene rings is 1. The molecule has 0 aliphatic rings. The smallest absolute Gasteiger partial charge is 0.227 e. The number of hydrogen-bond donors (Lipinski definition) is 1. The Morgan fingerprint density at radius 2 is 1.96 bits per heavy atom. The average Bonchev–Trinajstić information content (AvgIpc) is 2.52. The van der Waals surface area contributed by atoms with Crippen molar-refractivity contribution in [2.45, 2.75) is 39.7 Å². The SMILES string of the molecule is CCC(C(=O)NCc1cc(C)cnc1C)c1ccc(Cl)c(Cl)c1. The molecular weight excluding hydrogens is 331 g/mol. The second kappa shape index (κ2) is 7.80. The van der Waals surface area contributed by atoms with Crippen LogP contribution in [0.5, 0.6) is 0 Å². The first kappa shape index (κ1) is 17.8. The van der Waals surface area contributed by atoms with Gasteiger partial charge in [0.15, 0.2) is 0 Å². The quantitative estimate of drug-likeness (QED) is 0.840. The molecule has 1 aromatic heterocycles. The summed E-state index contributed by atoms with van der Waals surface area (Å²) in [4.78, 5) is 16.9. The van der Waals surface area contributed by atoms with E-state index < -0.39 is 0 Å². The highest BCUT2D eigenvalue weighted by Crippen LogP contribution is 2.28. The van der Waals surface area contributed by atoms with Gasteiger partial charge in [0.05, 0.1) is 16.0 Å². The second-order valence-corrected chi connectivity index (χ2v) is 6.42. The predicted octanol–water partition coefficient (Wildman–Crippen LogP) is 4.82. The maximum atomic E-state index is 12.5. The molecular formula is C18H20Cl2N2O. The Balaban J connectivity index is 2.11. The van der Waals surface area contributed by atoms with E-state index in [1.54, 1.807) is 12.1 Å². The molecule has 1 N–H and O–H groups in total. The fourth-order valence-corrected chi connectivity index (χ4v) is 2.79. The van der Waals surface area contributed by atoms with Crippen LogP contribution in [0.15, 0.2) is 30.5 Å². The van der Waals surface area contributed by atoms with Crippen LogP contribution in [-0.2, 0) is 11.3 Å². The number of aryl methyl sites for hydroxylation is 2. The Kier molecular flexibility index (Phi) is 6.03. The number of rotatable bonds is 5. The molecule has 0 bridgehead atoms. The van der Waals surface area contributed by atoms with Crippen LogP contribution in [0.25, 0.3) is 0 Å². The predicted molar refractivity (Wildman–Crippen MR) is 95.1 cm³/mol. The summed E-state index contributed by atoms with van der Waals surface area (Å²) in [6, 6.07) is 7.38. The summed E-state index contributed by atoms with van der Waals surface area (Å²) in [7, 11) is 0. The highest BCUT2D eigenvalue weighted by molar-refractivity contribution is 6.42. The number of nitrogens with zero attached hydrogens (tertiary/aromatic N) is 1. The molecule has 3 nitrogen and oxygen atoms in total. The fraction of sp³-hybridized carbons (Fsp3) is 0.333. The Labute approximate surface area is 147 Å². The first-order chi connectivity index (χ1) is 10.9. The third-order valence-corrected chi connectivity index (χ3v) is 4.59. The molecule has 0 saturated heterocycles. The lowest BCUT2D eigenvalue weighted by Gasteiger charge is -2.16. The molecule has 1 amide bonds. The van der Waals surface area contributed by atoms with E-state index in [4.69, 9.17) is 23.2 Å². The van der Waals surface area contributed by atoms with Crippen molar-refractivity contribution in [3.63, 3.8) is 0 Å². The van der Waals surface area contributed by atoms with Gasteiger partial charge in [-0.2, -0.15) is 0 Å². The van der Waals surface area contributed by atoms with Crippen LogP contribution in [-0.4, -0.2) is 10.9 Å². The number of amides is 1. The van der Waals surface area contributed by atoms with Crippen molar-refractivity contribution in [3.8, 4) is 0 Å². The van der Waals surface area contributed by atoms with Gasteiger partial charge in [0.25, 0.3) is 0 Å². The molecule has 0 spiro atoms. The van der Waals surface area contributed by atoms with Crippen molar-refractivity contribution in [1.82, 2.24) is 10.3 Å². The summed E-state index contributed by atoms with van der Waals surface area (Å²) in [6.07, 6.45) is 2.51. The maximum absolute atomic E-state index is 12.5. The molecule has 1 unspecified atom stereocenters. The number of aromatic nitrogens is 1. The van der Waals surface area contributed by atoms with Crippen LogP contribution < -0.4 is 5.32 Å². The van der Waals surface area contributed by atoms with Crippen LogP contribution >= 0.6 is 23.2 Å². The first-order valence-corrected chi connectivity index (χ1v) is 8.32. The molecule has 1 atom stereocenters. The zero-order valence-corrected chi connectivity index (χ0v) is 15.0. The molecule has 1 aromatic carbocycles. The van der Waals surface area contributed by atoms with Crippen molar-refractivity contribution in [2.24, 2.45) is 0 Å². The van der Waals surface area contributed by atoms with Gasteiger partial charge in [0.1, 0.15) is 0 Å². The molecule has 0 aliphatic heterocycles. The highest BCUT2D eigenvalue weighted by Gasteiger charge is 2.19. The normalized spacial score (nSPS) is 12.0. The Hall–Kier alpha value is -1.58. The van der Waals surface area contributed by atoms with E-state index in [9.17, 15) is 4.79 Å². The number of pyridine rings is 1. The number of hydrogen-bond acceptors (Lipinski definition) is 2. The minimum absolute atomic E-state index is 0.0215. The minimum atomic E-state index is -0.247. The van der Waals surface area contributed by atoms with E-state index in [2.05, 4.69) is 10.3 Å². The van der Waals surface area contributed by atoms with E-state index in [-0.39, 0.29) is 11.8 Å². The standard InChI is InChI=1S/C18H20Cl2N2O/c1-4-15(13-5-6-16(19)17(20)8-13)18(23)22-10-14-7-11(2)9-21-12(14)3/h5-9,15H,4,10H2,1-3H3,(H,22,23). The number of nitrogens with one attached hydrogen (secondary N) is 1. The Morgan fingerprint density at radius 3 is 2.61 bits per heavy atom. The van der Waals surface area contributed by atoms with E-state index in [0.717, 1.165) is 22.4 Å². The lowest BCUT2D eigenvalue weighted by molar-refractivity contribution is -0.122. The molecule has 2 rings (SSSR count). The van der Waals surface area contributed by atoms with Gasteiger partial charge in [0.2, 0.25) is 5.91 Å². The first-order valence-electron chi connectivity index (χ1n) is 7.57. The van der Waals surface area contributed by atoms with Gasteiger partial charge in [-0.3, -0.25) is 9.78 Å². The van der Waals surface area contributed by atoms with Gasteiger partial charge in [-0.05, 0) is 49.1 Å². The number of carbonyl (C=O) groups excluding carboxylic acids is 1. The van der Waals surface area contributed by atoms with Gasteiger partial charge >= 0.3 is 0 Å². The van der Waals surface area contributed by atoms with E-state index in [1.165, 1.54) is 0 Å². The van der Waals surface area contributed by atoms with Crippen molar-refractivity contribution in [2.75, 3.05) is 0 Å². The zero-order valence-electron chi connectivity index (χ0n) is 13.5. The van der Waals surface area contributed by atoms with E-state index in [1.807, 2.05) is 39.1 Å². The molecule has 1 heterocycles. The summed E-state index contributed by atoms with van der Waals surface area (Å²) in [5, 5.41) is 3.96. The van der Waals surface area contributed by atoms with Crippen molar-refractivity contribution >= 4 is 29.1 Å². The molecule has 0 radical (unpaired) electrons. The van der Waals surface area contributed by atoms with E-state index in [0.29, 0.717) is 23.0 Å². The minimum Gasteiger partial charge on any atom is -0.351 e. The van der Waals surface area contributed by atoms with Crippen molar-refractivity contribution in [1.29, 1.82) is 0 Å². The molecule has 2 aromatic rings. The molecule has 122 valence electrons. The number of halogens is 2. The number of carbonyl (C=O) groups is 1. The van der Waals surface area contributed by atoms with Gasteiger partial charge < -0.3 is 5.32 Å². The van der Waals surface area contributed by atoms with Gasteiger partial charge in [-0.1, -0.05) is 42.3 Å². The van der Waals surface area contributed by atoms with Gasteiger partial charge in [-0.15, -0.1) is 0 Å². The topological polar surface area (TPSA) is 42.0 Å². The second-order valence-electron chi connectivity index (χ2n) is 5.61. The molecule has 23 heavy (non-hydrogen) atoms. The van der Waals surface area contributed by atoms with Gasteiger partial charge in [0, 0.05) is 18.4 Å². The third-order valence-electron chi connectivity index (χ3n) is 3.85. The summed E-state index contributed by atoms with van der Waals surface area (Å²) < 4.78 is 0. The van der Waals surface area contributed by atoms with Gasteiger partial charge in [-0.25, -0.2) is 0 Å². The molecule has 5 heteroatoms. The fourth-order valence-electron chi connectivity index (χ4n) is 2.48. The Morgan fingerprint density at radius 1 is 1.22 bits per heavy atom. The summed E-state index contributed by atoms with van der Waals surface area (Å²) in [6.45, 7) is 6.38. The van der Waals surface area contributed by atoms with Crippen LogP contribution in [0.3, 0.4) is 0 Å². The van der Waals surface area contributed by atoms with Crippen molar-refractivity contribution in [3.05, 3.63) is 62.9 Å². The molecule has 0 saturated carbocycles. The lowest BCUT2D eigenvalue weighted by Crippen LogP contribution is -2.29.